The molecule has 5 rings (SSSR count). The lowest BCUT2D eigenvalue weighted by Gasteiger charge is -2.40. The van der Waals surface area contributed by atoms with Gasteiger partial charge in [0.2, 0.25) is 5.91 Å². The van der Waals surface area contributed by atoms with E-state index in [-0.39, 0.29) is 17.4 Å². The van der Waals surface area contributed by atoms with Gasteiger partial charge in [-0.15, -0.1) is 0 Å². The second kappa shape index (κ2) is 9.12. The first-order valence-corrected chi connectivity index (χ1v) is 12.2. The van der Waals surface area contributed by atoms with Crippen molar-refractivity contribution < 1.29 is 4.79 Å². The number of rotatable bonds is 3. The van der Waals surface area contributed by atoms with E-state index in [1.807, 2.05) is 34.1 Å². The van der Waals surface area contributed by atoms with Crippen molar-refractivity contribution in [1.82, 2.24) is 14.5 Å². The number of carbonyl (C=O) groups excluding carboxylic acids is 1. The highest BCUT2D eigenvalue weighted by Gasteiger charge is 2.32. The molecule has 0 bridgehead atoms. The van der Waals surface area contributed by atoms with Crippen LogP contribution in [0, 0.1) is 19.8 Å². The quantitative estimate of drug-likeness (QED) is 0.602. The maximum atomic E-state index is 13.4. The number of nitrogens with zero attached hydrogens (tertiary/aromatic N) is 5. The molecule has 2 aliphatic heterocycles. The number of piperidine rings is 1. The maximum absolute atomic E-state index is 13.4. The number of piperazine rings is 1. The summed E-state index contributed by atoms with van der Waals surface area (Å²) in [5.74, 6) is 0.570. The van der Waals surface area contributed by atoms with Crippen LogP contribution in [0.1, 0.15) is 24.0 Å². The zero-order valence-corrected chi connectivity index (χ0v) is 20.3. The topological polar surface area (TPSA) is 61.7 Å². The Kier molecular flexibility index (Phi) is 6.02. The van der Waals surface area contributed by atoms with Gasteiger partial charge in [-0.25, -0.2) is 4.98 Å². The Labute approximate surface area is 200 Å². The van der Waals surface area contributed by atoms with Crippen molar-refractivity contribution >= 4 is 28.4 Å². The van der Waals surface area contributed by atoms with E-state index in [1.54, 1.807) is 11.6 Å². The summed E-state index contributed by atoms with van der Waals surface area (Å²) in [5, 5.41) is 0. The summed E-state index contributed by atoms with van der Waals surface area (Å²) in [4.78, 5) is 37.6. The number of fused-ring (bicyclic) bond motifs is 1. The summed E-state index contributed by atoms with van der Waals surface area (Å²) >= 11 is 0. The first-order chi connectivity index (χ1) is 16.4. The average Bonchev–Trinajstić information content (AvgIpc) is 2.87. The Balaban J connectivity index is 1.28. The van der Waals surface area contributed by atoms with Crippen molar-refractivity contribution in [3.63, 3.8) is 0 Å². The van der Waals surface area contributed by atoms with E-state index in [0.29, 0.717) is 12.4 Å². The standard InChI is InChI=1S/C27H33N5O2/c1-19-10-11-20(2)24(17-19)30-13-15-31(16-14-30)26(33)21-7-6-12-32(18-21)25-27(34)29(3)23-9-5-4-8-22(23)28-25/h4-5,8-11,17,21H,6-7,12-16,18H2,1-3H3. The molecule has 0 aliphatic carbocycles. The van der Waals surface area contributed by atoms with Gasteiger partial charge in [-0.2, -0.15) is 0 Å². The van der Waals surface area contributed by atoms with Crippen molar-refractivity contribution in [1.29, 1.82) is 0 Å². The van der Waals surface area contributed by atoms with Gasteiger partial charge in [0.25, 0.3) is 5.56 Å². The number of hydrogen-bond donors (Lipinski definition) is 0. The van der Waals surface area contributed by atoms with Crippen molar-refractivity contribution in [2.75, 3.05) is 49.1 Å². The van der Waals surface area contributed by atoms with E-state index >= 15 is 0 Å². The Morgan fingerprint density at radius 1 is 0.971 bits per heavy atom. The van der Waals surface area contributed by atoms with Crippen molar-refractivity contribution in [3.05, 3.63) is 63.9 Å². The third kappa shape index (κ3) is 4.15. The van der Waals surface area contributed by atoms with Gasteiger partial charge in [0.1, 0.15) is 0 Å². The zero-order valence-electron chi connectivity index (χ0n) is 20.3. The maximum Gasteiger partial charge on any atom is 0.293 e. The SMILES string of the molecule is Cc1ccc(C)c(N2CCN(C(=O)C3CCCN(c4nc5ccccc5n(C)c4=O)C3)CC2)c1. The van der Waals surface area contributed by atoms with E-state index < -0.39 is 0 Å². The predicted octanol–water partition coefficient (Wildman–Crippen LogP) is 3.12. The molecular weight excluding hydrogens is 426 g/mol. The summed E-state index contributed by atoms with van der Waals surface area (Å²) < 4.78 is 1.66. The van der Waals surface area contributed by atoms with Crippen LogP contribution in [0.3, 0.4) is 0 Å². The molecule has 7 nitrogen and oxygen atoms in total. The molecule has 0 spiro atoms. The van der Waals surface area contributed by atoms with Crippen LogP contribution in [0.25, 0.3) is 11.0 Å². The van der Waals surface area contributed by atoms with E-state index in [0.717, 1.165) is 56.6 Å². The number of benzene rings is 2. The smallest absolute Gasteiger partial charge is 0.293 e. The molecule has 0 radical (unpaired) electrons. The van der Waals surface area contributed by atoms with Gasteiger partial charge in [0.05, 0.1) is 17.0 Å². The van der Waals surface area contributed by atoms with E-state index in [9.17, 15) is 9.59 Å². The third-order valence-corrected chi connectivity index (χ3v) is 7.33. The van der Waals surface area contributed by atoms with Crippen LogP contribution in [0.4, 0.5) is 11.5 Å². The molecular formula is C27H33N5O2. The Bertz CT molecular complexity index is 1280. The normalized spacial score (nSPS) is 19.0. The summed E-state index contributed by atoms with van der Waals surface area (Å²) in [5.41, 5.74) is 5.33. The lowest BCUT2D eigenvalue weighted by Crippen LogP contribution is -2.53. The third-order valence-electron chi connectivity index (χ3n) is 7.33. The van der Waals surface area contributed by atoms with Crippen LogP contribution in [0.15, 0.2) is 47.3 Å². The van der Waals surface area contributed by atoms with Crippen LogP contribution in [0.5, 0.6) is 0 Å². The molecule has 3 aromatic rings. The molecule has 34 heavy (non-hydrogen) atoms. The second-order valence-corrected chi connectivity index (χ2v) is 9.68. The van der Waals surface area contributed by atoms with Crippen molar-refractivity contribution in [3.8, 4) is 0 Å². The largest absolute Gasteiger partial charge is 0.368 e. The fraction of sp³-hybridized carbons (Fsp3) is 0.444. The minimum absolute atomic E-state index is 0.0982. The molecule has 3 heterocycles. The van der Waals surface area contributed by atoms with Gasteiger partial charge in [0, 0.05) is 52.0 Å². The second-order valence-electron chi connectivity index (χ2n) is 9.68. The Morgan fingerprint density at radius 2 is 1.74 bits per heavy atom. The molecule has 7 heteroatoms. The van der Waals surface area contributed by atoms with Gasteiger partial charge in [0.15, 0.2) is 5.82 Å². The van der Waals surface area contributed by atoms with E-state index in [4.69, 9.17) is 0 Å². The molecule has 1 amide bonds. The summed E-state index contributed by atoms with van der Waals surface area (Å²) in [7, 11) is 1.79. The minimum atomic E-state index is -0.103. The Morgan fingerprint density at radius 3 is 2.53 bits per heavy atom. The molecule has 2 aromatic carbocycles. The van der Waals surface area contributed by atoms with Gasteiger partial charge in [-0.1, -0.05) is 24.3 Å². The fourth-order valence-electron chi connectivity index (χ4n) is 5.33. The predicted molar refractivity (Wildman–Crippen MR) is 137 cm³/mol. The van der Waals surface area contributed by atoms with Crippen LogP contribution >= 0.6 is 0 Å². The van der Waals surface area contributed by atoms with Gasteiger partial charge >= 0.3 is 0 Å². The highest BCUT2D eigenvalue weighted by molar-refractivity contribution is 5.80. The number of hydrogen-bond acceptors (Lipinski definition) is 5. The molecule has 1 aromatic heterocycles. The monoisotopic (exact) mass is 459 g/mol. The molecule has 2 aliphatic rings. The van der Waals surface area contributed by atoms with Crippen LogP contribution < -0.4 is 15.4 Å². The van der Waals surface area contributed by atoms with E-state index in [1.165, 1.54) is 16.8 Å². The molecule has 178 valence electrons. The van der Waals surface area contributed by atoms with Gasteiger partial charge in [-0.3, -0.25) is 9.59 Å². The average molecular weight is 460 g/mol. The zero-order chi connectivity index (χ0) is 23.8. The lowest BCUT2D eigenvalue weighted by atomic mass is 9.96. The number of aryl methyl sites for hydroxylation is 3. The van der Waals surface area contributed by atoms with Crippen molar-refractivity contribution in [2.24, 2.45) is 13.0 Å². The van der Waals surface area contributed by atoms with Crippen LogP contribution in [0.2, 0.25) is 0 Å². The van der Waals surface area contributed by atoms with E-state index in [2.05, 4.69) is 41.9 Å². The van der Waals surface area contributed by atoms with Crippen molar-refractivity contribution in [2.45, 2.75) is 26.7 Å². The molecule has 0 saturated carbocycles. The fourth-order valence-corrected chi connectivity index (χ4v) is 5.33. The van der Waals surface area contributed by atoms with Gasteiger partial charge < -0.3 is 19.3 Å². The molecule has 1 unspecified atom stereocenters. The first-order valence-electron chi connectivity index (χ1n) is 12.2. The molecule has 1 atom stereocenters. The van der Waals surface area contributed by atoms with Crippen LogP contribution in [-0.4, -0.2) is 59.6 Å². The number of anilines is 2. The number of para-hydroxylation sites is 2. The summed E-state index contributed by atoms with van der Waals surface area (Å²) in [6, 6.07) is 14.2. The number of carbonyl (C=O) groups is 1. The lowest BCUT2D eigenvalue weighted by molar-refractivity contribution is -0.136. The number of amides is 1. The molecule has 2 saturated heterocycles. The Hall–Kier alpha value is -3.35. The highest BCUT2D eigenvalue weighted by atomic mass is 16.2. The van der Waals surface area contributed by atoms with Crippen LogP contribution in [-0.2, 0) is 11.8 Å². The number of aromatic nitrogens is 2. The summed E-state index contributed by atoms with van der Waals surface area (Å²) in [6.45, 7) is 8.74. The summed E-state index contributed by atoms with van der Waals surface area (Å²) in [6.07, 6.45) is 1.75. The highest BCUT2D eigenvalue weighted by Crippen LogP contribution is 2.26. The first kappa shape index (κ1) is 22.4. The van der Waals surface area contributed by atoms with Gasteiger partial charge in [-0.05, 0) is 56.0 Å². The molecule has 2 fully saturated rings. The molecule has 0 N–H and O–H groups in total. The minimum Gasteiger partial charge on any atom is -0.368 e.